The van der Waals surface area contributed by atoms with Crippen LogP contribution in [-0.2, 0) is 11.3 Å². The lowest BCUT2D eigenvalue weighted by atomic mass is 9.98. The third-order valence-electron chi connectivity index (χ3n) is 5.95. The molecule has 1 amide bonds. The summed E-state index contributed by atoms with van der Waals surface area (Å²) in [6.45, 7) is 13.0. The predicted octanol–water partition coefficient (Wildman–Crippen LogP) is 4.53. The van der Waals surface area contributed by atoms with E-state index in [2.05, 4.69) is 31.7 Å². The van der Waals surface area contributed by atoms with Crippen molar-refractivity contribution in [3.8, 4) is 6.07 Å². The van der Waals surface area contributed by atoms with Crippen LogP contribution >= 0.6 is 24.0 Å². The fourth-order valence-electron chi connectivity index (χ4n) is 4.45. The van der Waals surface area contributed by atoms with Crippen LogP contribution in [0.5, 0.6) is 0 Å². The van der Waals surface area contributed by atoms with Gasteiger partial charge in [0.25, 0.3) is 11.5 Å². The summed E-state index contributed by atoms with van der Waals surface area (Å²) >= 11 is 6.78. The number of thioether (sulfide) groups is 1. The summed E-state index contributed by atoms with van der Waals surface area (Å²) in [5.41, 5.74) is 1.32. The summed E-state index contributed by atoms with van der Waals surface area (Å²) in [5, 5.41) is 9.76. The van der Waals surface area contributed by atoms with Gasteiger partial charge in [-0.2, -0.15) is 5.26 Å². The van der Waals surface area contributed by atoms with Crippen molar-refractivity contribution in [2.75, 3.05) is 24.5 Å². The van der Waals surface area contributed by atoms with Crippen LogP contribution < -0.4 is 10.5 Å². The lowest BCUT2D eigenvalue weighted by molar-refractivity contribution is -0.122. The monoisotopic (exact) mass is 472 g/mol. The largest absolute Gasteiger partial charge is 0.357 e. The van der Waals surface area contributed by atoms with Crippen LogP contribution in [0.25, 0.3) is 6.08 Å². The molecule has 8 heteroatoms. The normalized spacial score (nSPS) is 20.5. The topological polar surface area (TPSA) is 69.3 Å². The van der Waals surface area contributed by atoms with Crippen LogP contribution in [0, 0.1) is 30.1 Å². The number of carbonyl (C=O) groups excluding carboxylic acids is 1. The number of carbonyl (C=O) groups is 1. The number of nitrogens with zero attached hydrogens (tertiary/aromatic N) is 4. The van der Waals surface area contributed by atoms with E-state index in [0.29, 0.717) is 39.7 Å². The number of anilines is 1. The number of piperidine rings is 1. The molecule has 0 spiro atoms. The Morgan fingerprint density at radius 3 is 2.66 bits per heavy atom. The molecular weight excluding hydrogens is 440 g/mol. The average molecular weight is 473 g/mol. The van der Waals surface area contributed by atoms with E-state index in [1.54, 1.807) is 9.47 Å². The van der Waals surface area contributed by atoms with E-state index in [0.717, 1.165) is 43.7 Å². The molecule has 3 rings (SSSR count). The van der Waals surface area contributed by atoms with E-state index in [9.17, 15) is 14.9 Å². The van der Waals surface area contributed by atoms with E-state index in [1.165, 1.54) is 11.8 Å². The SMILES string of the molecule is CCCn1c(N2CCCC(C)C2)c(C=C2SC(=S)N(CC(C)C)C2=O)c(C)c(C#N)c1=O. The second kappa shape index (κ2) is 10.2. The number of pyridine rings is 1. The maximum absolute atomic E-state index is 13.2. The zero-order chi connectivity index (χ0) is 23.6. The lowest BCUT2D eigenvalue weighted by Gasteiger charge is -2.36. The molecule has 0 aliphatic carbocycles. The Morgan fingerprint density at radius 1 is 1.34 bits per heavy atom. The van der Waals surface area contributed by atoms with Gasteiger partial charge in [-0.1, -0.05) is 51.7 Å². The molecule has 0 aromatic carbocycles. The smallest absolute Gasteiger partial charge is 0.270 e. The van der Waals surface area contributed by atoms with Crippen molar-refractivity contribution < 1.29 is 4.79 Å². The molecule has 2 aliphatic heterocycles. The highest BCUT2D eigenvalue weighted by atomic mass is 32.2. The molecule has 0 saturated carbocycles. The third kappa shape index (κ3) is 4.79. The Hall–Kier alpha value is -2.11. The minimum absolute atomic E-state index is 0.0992. The Balaban J connectivity index is 2.22. The van der Waals surface area contributed by atoms with Gasteiger partial charge in [0.1, 0.15) is 21.8 Å². The first-order chi connectivity index (χ1) is 15.2. The van der Waals surface area contributed by atoms with E-state index in [4.69, 9.17) is 12.2 Å². The van der Waals surface area contributed by atoms with E-state index < -0.39 is 0 Å². The molecule has 172 valence electrons. The van der Waals surface area contributed by atoms with Crippen LogP contribution in [0.1, 0.15) is 63.6 Å². The highest BCUT2D eigenvalue weighted by Crippen LogP contribution is 2.37. The Morgan fingerprint density at radius 2 is 2.06 bits per heavy atom. The van der Waals surface area contributed by atoms with Crippen LogP contribution in [0.3, 0.4) is 0 Å². The van der Waals surface area contributed by atoms with Crippen LogP contribution in [0.15, 0.2) is 9.70 Å². The highest BCUT2D eigenvalue weighted by Gasteiger charge is 2.34. The maximum atomic E-state index is 13.2. The number of amides is 1. The van der Waals surface area contributed by atoms with Crippen molar-refractivity contribution >= 4 is 46.1 Å². The Labute approximate surface area is 200 Å². The predicted molar refractivity (Wildman–Crippen MR) is 136 cm³/mol. The average Bonchev–Trinajstić information content (AvgIpc) is 2.99. The molecule has 2 aliphatic rings. The minimum atomic E-state index is -0.246. The molecule has 0 radical (unpaired) electrons. The summed E-state index contributed by atoms with van der Waals surface area (Å²) in [5.74, 6) is 1.55. The van der Waals surface area contributed by atoms with E-state index in [-0.39, 0.29) is 17.0 Å². The number of rotatable bonds is 6. The van der Waals surface area contributed by atoms with Crippen molar-refractivity contribution in [1.82, 2.24) is 9.47 Å². The van der Waals surface area contributed by atoms with Gasteiger partial charge in [0, 0.05) is 31.7 Å². The maximum Gasteiger partial charge on any atom is 0.270 e. The number of hydrogen-bond donors (Lipinski definition) is 0. The molecule has 2 saturated heterocycles. The molecule has 1 atom stereocenters. The van der Waals surface area contributed by atoms with Crippen LogP contribution in [-0.4, -0.2) is 39.3 Å². The molecule has 2 fully saturated rings. The summed E-state index contributed by atoms with van der Waals surface area (Å²) in [6, 6.07) is 2.11. The van der Waals surface area contributed by atoms with Crippen molar-refractivity contribution in [3.63, 3.8) is 0 Å². The molecule has 1 aromatic rings. The van der Waals surface area contributed by atoms with Gasteiger partial charge in [0.05, 0.1) is 4.91 Å². The third-order valence-corrected chi connectivity index (χ3v) is 7.32. The van der Waals surface area contributed by atoms with Crippen molar-refractivity contribution in [1.29, 1.82) is 5.26 Å². The van der Waals surface area contributed by atoms with E-state index >= 15 is 0 Å². The van der Waals surface area contributed by atoms with E-state index in [1.807, 2.05) is 19.9 Å². The van der Waals surface area contributed by atoms with Gasteiger partial charge in [-0.3, -0.25) is 19.1 Å². The fourth-order valence-corrected chi connectivity index (χ4v) is 5.71. The number of hydrogen-bond acceptors (Lipinski definition) is 6. The lowest BCUT2D eigenvalue weighted by Crippen LogP contribution is -2.40. The van der Waals surface area contributed by atoms with Gasteiger partial charge in [-0.15, -0.1) is 0 Å². The molecular formula is C24H32N4O2S2. The molecule has 3 heterocycles. The highest BCUT2D eigenvalue weighted by molar-refractivity contribution is 8.26. The molecule has 1 aromatic heterocycles. The van der Waals surface area contributed by atoms with Crippen LogP contribution in [0.2, 0.25) is 0 Å². The zero-order valence-corrected chi connectivity index (χ0v) is 21.2. The number of aromatic nitrogens is 1. The first-order valence-corrected chi connectivity index (χ1v) is 12.6. The first kappa shape index (κ1) is 24.5. The molecule has 0 bridgehead atoms. The molecule has 6 nitrogen and oxygen atoms in total. The summed E-state index contributed by atoms with van der Waals surface area (Å²) < 4.78 is 2.30. The minimum Gasteiger partial charge on any atom is -0.357 e. The van der Waals surface area contributed by atoms with Crippen molar-refractivity contribution in [3.05, 3.63) is 31.9 Å². The zero-order valence-electron chi connectivity index (χ0n) is 19.6. The summed E-state index contributed by atoms with van der Waals surface area (Å²) in [7, 11) is 0. The molecule has 32 heavy (non-hydrogen) atoms. The Bertz CT molecular complexity index is 1050. The van der Waals surface area contributed by atoms with Crippen molar-refractivity contribution in [2.45, 2.75) is 60.4 Å². The van der Waals surface area contributed by atoms with Crippen molar-refractivity contribution in [2.24, 2.45) is 11.8 Å². The van der Waals surface area contributed by atoms with Gasteiger partial charge in [-0.25, -0.2) is 0 Å². The van der Waals surface area contributed by atoms with Gasteiger partial charge in [0.15, 0.2) is 0 Å². The fraction of sp³-hybridized carbons (Fsp3) is 0.583. The second-order valence-electron chi connectivity index (χ2n) is 9.19. The first-order valence-electron chi connectivity index (χ1n) is 11.4. The van der Waals surface area contributed by atoms with Gasteiger partial charge in [-0.05, 0) is 49.7 Å². The summed E-state index contributed by atoms with van der Waals surface area (Å²) in [4.78, 5) is 30.8. The second-order valence-corrected chi connectivity index (χ2v) is 10.9. The quantitative estimate of drug-likeness (QED) is 0.447. The van der Waals surface area contributed by atoms with Gasteiger partial charge >= 0.3 is 0 Å². The van der Waals surface area contributed by atoms with Crippen LogP contribution in [0.4, 0.5) is 5.82 Å². The Kier molecular flexibility index (Phi) is 7.84. The van der Waals surface area contributed by atoms with Gasteiger partial charge in [0.2, 0.25) is 0 Å². The summed E-state index contributed by atoms with van der Waals surface area (Å²) in [6.07, 6.45) is 4.85. The number of nitriles is 1. The molecule has 1 unspecified atom stereocenters. The number of thiocarbonyl (C=S) groups is 1. The van der Waals surface area contributed by atoms with Gasteiger partial charge < -0.3 is 4.90 Å². The molecule has 0 N–H and O–H groups in total. The standard InChI is InChI=1S/C24H32N4O2S2/c1-6-9-27-21(26-10-7-8-16(4)14-26)18(17(5)19(12-25)22(27)29)11-20-23(30)28(13-15(2)3)24(31)32-20/h11,15-16H,6-10,13-14H2,1-5H3.